The van der Waals surface area contributed by atoms with E-state index < -0.39 is 12.1 Å². The number of aliphatic hydroxyl groups is 1. The molecule has 1 fully saturated rings. The molecule has 4 rings (SSSR count). The van der Waals surface area contributed by atoms with Crippen molar-refractivity contribution in [3.8, 4) is 23.0 Å². The van der Waals surface area contributed by atoms with Crippen molar-refractivity contribution in [1.29, 1.82) is 0 Å². The lowest BCUT2D eigenvalue weighted by molar-refractivity contribution is -0.123. The number of hydrogen-bond donors (Lipinski definition) is 2. The second-order valence-electron chi connectivity index (χ2n) is 8.30. The van der Waals surface area contributed by atoms with Gasteiger partial charge in [0.15, 0.2) is 11.5 Å². The van der Waals surface area contributed by atoms with E-state index in [1.807, 2.05) is 24.3 Å². The van der Waals surface area contributed by atoms with Gasteiger partial charge in [0, 0.05) is 6.54 Å². The molecule has 2 N–H and O–H groups in total. The van der Waals surface area contributed by atoms with E-state index in [2.05, 4.69) is 10.2 Å². The number of amides is 1. The first-order chi connectivity index (χ1) is 16.1. The quantitative estimate of drug-likeness (QED) is 0.568. The largest absolute Gasteiger partial charge is 0.497 e. The predicted octanol–water partition coefficient (Wildman–Crippen LogP) is 2.55. The van der Waals surface area contributed by atoms with E-state index in [0.29, 0.717) is 42.6 Å². The summed E-state index contributed by atoms with van der Waals surface area (Å²) in [7, 11) is 1.61. The molecule has 2 atom stereocenters. The Bertz CT molecular complexity index is 914. The van der Waals surface area contributed by atoms with Gasteiger partial charge in [0.05, 0.1) is 26.2 Å². The minimum atomic E-state index is -0.868. The predicted molar refractivity (Wildman–Crippen MR) is 123 cm³/mol. The van der Waals surface area contributed by atoms with Crippen LogP contribution in [0, 0.1) is 0 Å². The minimum absolute atomic E-state index is 0.163. The monoisotopic (exact) mass is 456 g/mol. The number of aliphatic hydroxyl groups excluding tert-OH is 1. The van der Waals surface area contributed by atoms with Crippen molar-refractivity contribution in [2.24, 2.45) is 0 Å². The first-order valence-corrected chi connectivity index (χ1v) is 11.5. The lowest BCUT2D eigenvalue weighted by Gasteiger charge is -2.29. The molecule has 1 saturated heterocycles. The van der Waals surface area contributed by atoms with E-state index in [1.165, 1.54) is 0 Å². The van der Waals surface area contributed by atoms with Gasteiger partial charge in [-0.25, -0.2) is 0 Å². The first-order valence-electron chi connectivity index (χ1n) is 11.5. The molecule has 2 aromatic rings. The highest BCUT2D eigenvalue weighted by molar-refractivity contribution is 5.76. The molecule has 0 radical (unpaired) electrons. The van der Waals surface area contributed by atoms with Crippen LogP contribution >= 0.6 is 0 Å². The fourth-order valence-corrected chi connectivity index (χ4v) is 4.16. The zero-order valence-electron chi connectivity index (χ0n) is 19.0. The number of carbonyl (C=O) groups is 1. The van der Waals surface area contributed by atoms with Gasteiger partial charge in [-0.15, -0.1) is 0 Å². The Morgan fingerprint density at radius 3 is 2.48 bits per heavy atom. The van der Waals surface area contributed by atoms with Crippen molar-refractivity contribution in [2.45, 2.75) is 31.4 Å². The molecule has 8 heteroatoms. The summed E-state index contributed by atoms with van der Waals surface area (Å²) in [6.07, 6.45) is 1.59. The van der Waals surface area contributed by atoms with E-state index in [1.54, 1.807) is 25.3 Å². The van der Waals surface area contributed by atoms with Gasteiger partial charge >= 0.3 is 0 Å². The van der Waals surface area contributed by atoms with Gasteiger partial charge in [-0.1, -0.05) is 6.07 Å². The van der Waals surface area contributed by atoms with Gasteiger partial charge in [0.2, 0.25) is 5.91 Å². The van der Waals surface area contributed by atoms with Crippen LogP contribution in [0.3, 0.4) is 0 Å². The van der Waals surface area contributed by atoms with Crippen LogP contribution in [0.1, 0.15) is 30.9 Å². The van der Waals surface area contributed by atoms with Gasteiger partial charge in [-0.2, -0.15) is 0 Å². The molecule has 2 aliphatic rings. The molecule has 2 heterocycles. The Kier molecular flexibility index (Phi) is 7.91. The molecule has 0 spiro atoms. The van der Waals surface area contributed by atoms with Crippen LogP contribution in [-0.2, 0) is 4.79 Å². The zero-order valence-corrected chi connectivity index (χ0v) is 19.0. The van der Waals surface area contributed by atoms with Crippen LogP contribution < -0.4 is 24.3 Å². The SMILES string of the molecule is COc1ccc(OCCC(=O)N[C@H](CN2CCCC2)[C@H](O)c2ccc3c(c2)OCCO3)cc1. The van der Waals surface area contributed by atoms with Crippen LogP contribution in [0.15, 0.2) is 42.5 Å². The van der Waals surface area contributed by atoms with Crippen molar-refractivity contribution >= 4 is 5.91 Å². The zero-order chi connectivity index (χ0) is 23.0. The number of fused-ring (bicyclic) bond motifs is 1. The second-order valence-corrected chi connectivity index (χ2v) is 8.30. The average molecular weight is 457 g/mol. The summed E-state index contributed by atoms with van der Waals surface area (Å²) in [5.74, 6) is 2.56. The van der Waals surface area contributed by atoms with Gasteiger partial charge in [-0.3, -0.25) is 4.79 Å². The molecule has 1 amide bonds. The van der Waals surface area contributed by atoms with Crippen molar-refractivity contribution in [3.63, 3.8) is 0 Å². The normalized spacial score (nSPS) is 17.3. The minimum Gasteiger partial charge on any atom is -0.497 e. The van der Waals surface area contributed by atoms with Gasteiger partial charge < -0.3 is 34.3 Å². The molecular weight excluding hydrogens is 424 g/mol. The van der Waals surface area contributed by atoms with Crippen molar-refractivity contribution in [2.75, 3.05) is 46.6 Å². The Morgan fingerprint density at radius 2 is 1.76 bits per heavy atom. The number of rotatable bonds is 10. The number of nitrogens with one attached hydrogen (secondary N) is 1. The van der Waals surface area contributed by atoms with Gasteiger partial charge in [0.1, 0.15) is 30.8 Å². The number of nitrogens with zero attached hydrogens (tertiary/aromatic N) is 1. The van der Waals surface area contributed by atoms with E-state index in [-0.39, 0.29) is 18.9 Å². The molecule has 178 valence electrons. The highest BCUT2D eigenvalue weighted by atomic mass is 16.6. The van der Waals surface area contributed by atoms with Crippen LogP contribution in [0.25, 0.3) is 0 Å². The third-order valence-corrected chi connectivity index (χ3v) is 5.95. The lowest BCUT2D eigenvalue weighted by atomic mass is 10.0. The topological polar surface area (TPSA) is 89.5 Å². The Hall–Kier alpha value is -2.97. The summed E-state index contributed by atoms with van der Waals surface area (Å²) in [5, 5.41) is 14.2. The summed E-state index contributed by atoms with van der Waals surface area (Å²) in [6.45, 7) is 3.77. The number of carbonyl (C=O) groups excluding carboxylic acids is 1. The molecule has 0 aliphatic carbocycles. The summed E-state index contributed by atoms with van der Waals surface area (Å²) >= 11 is 0. The van der Waals surface area contributed by atoms with Gasteiger partial charge in [-0.05, 0) is 67.9 Å². The van der Waals surface area contributed by atoms with E-state index >= 15 is 0 Å². The summed E-state index contributed by atoms with van der Waals surface area (Å²) in [6, 6.07) is 12.2. The van der Waals surface area contributed by atoms with Crippen molar-refractivity contribution in [3.05, 3.63) is 48.0 Å². The third kappa shape index (κ3) is 6.30. The molecule has 2 aromatic carbocycles. The number of methoxy groups -OCH3 is 1. The van der Waals surface area contributed by atoms with Crippen LogP contribution in [0.2, 0.25) is 0 Å². The maximum Gasteiger partial charge on any atom is 0.223 e. The molecule has 0 bridgehead atoms. The standard InChI is InChI=1S/C25H32N2O6/c1-30-19-5-7-20(8-6-19)31-13-10-24(28)26-21(17-27-11-2-3-12-27)25(29)18-4-9-22-23(16-18)33-15-14-32-22/h4-9,16,21,25,29H,2-3,10-15,17H2,1H3,(H,26,28)/t21-,25-/m1/s1. The smallest absolute Gasteiger partial charge is 0.223 e. The molecule has 0 unspecified atom stereocenters. The average Bonchev–Trinajstić information content (AvgIpc) is 3.36. The van der Waals surface area contributed by atoms with E-state index in [4.69, 9.17) is 18.9 Å². The Labute approximate surface area is 194 Å². The van der Waals surface area contributed by atoms with Gasteiger partial charge in [0.25, 0.3) is 0 Å². The second kappa shape index (κ2) is 11.2. The van der Waals surface area contributed by atoms with E-state index in [9.17, 15) is 9.90 Å². The highest BCUT2D eigenvalue weighted by Gasteiger charge is 2.27. The Balaban J connectivity index is 1.36. The molecule has 0 aromatic heterocycles. The lowest BCUT2D eigenvalue weighted by Crippen LogP contribution is -2.47. The molecule has 8 nitrogen and oxygen atoms in total. The van der Waals surface area contributed by atoms with E-state index in [0.717, 1.165) is 31.7 Å². The number of benzene rings is 2. The molecule has 2 aliphatic heterocycles. The molecule has 33 heavy (non-hydrogen) atoms. The number of likely N-dealkylation sites (tertiary alicyclic amines) is 1. The maximum atomic E-state index is 12.7. The van der Waals surface area contributed by atoms with Crippen molar-refractivity contribution < 1.29 is 28.8 Å². The first kappa shape index (κ1) is 23.2. The maximum absolute atomic E-state index is 12.7. The number of ether oxygens (including phenoxy) is 4. The fourth-order valence-electron chi connectivity index (χ4n) is 4.16. The summed E-state index contributed by atoms with van der Waals surface area (Å²) in [4.78, 5) is 15.0. The summed E-state index contributed by atoms with van der Waals surface area (Å²) in [5.41, 5.74) is 0.693. The summed E-state index contributed by atoms with van der Waals surface area (Å²) < 4.78 is 22.1. The van der Waals surface area contributed by atoms with Crippen LogP contribution in [0.4, 0.5) is 0 Å². The molecular formula is C25H32N2O6. The number of hydrogen-bond acceptors (Lipinski definition) is 7. The van der Waals surface area contributed by atoms with Crippen molar-refractivity contribution in [1.82, 2.24) is 10.2 Å². The molecule has 0 saturated carbocycles. The van der Waals surface area contributed by atoms with Crippen LogP contribution in [-0.4, -0.2) is 68.5 Å². The Morgan fingerprint density at radius 1 is 1.06 bits per heavy atom. The highest BCUT2D eigenvalue weighted by Crippen LogP contribution is 2.33. The van der Waals surface area contributed by atoms with Crippen LogP contribution in [0.5, 0.6) is 23.0 Å². The fraction of sp³-hybridized carbons (Fsp3) is 0.480. The third-order valence-electron chi connectivity index (χ3n) is 5.95.